The molecule has 1 saturated heterocycles. The second-order valence-corrected chi connectivity index (χ2v) is 5.39. The van der Waals surface area contributed by atoms with Gasteiger partial charge in [0.2, 0.25) is 0 Å². The van der Waals surface area contributed by atoms with Crippen LogP contribution in [-0.2, 0) is 11.3 Å². The SMILES string of the molecule is COc1ccc(CN)c(N(C)CC2(O)CCOCC2)c1. The van der Waals surface area contributed by atoms with Crippen LogP contribution < -0.4 is 15.4 Å². The third-order valence-corrected chi connectivity index (χ3v) is 3.88. The lowest BCUT2D eigenvalue weighted by atomic mass is 9.93. The van der Waals surface area contributed by atoms with E-state index in [1.807, 2.05) is 25.2 Å². The molecule has 1 aromatic carbocycles. The Labute approximate surface area is 120 Å². The van der Waals surface area contributed by atoms with E-state index in [1.165, 1.54) is 0 Å². The fraction of sp³-hybridized carbons (Fsp3) is 0.600. The van der Waals surface area contributed by atoms with E-state index in [2.05, 4.69) is 4.90 Å². The highest BCUT2D eigenvalue weighted by Crippen LogP contribution is 2.28. The van der Waals surface area contributed by atoms with Gasteiger partial charge in [0.25, 0.3) is 0 Å². The molecule has 1 aliphatic heterocycles. The first-order valence-corrected chi connectivity index (χ1v) is 6.96. The monoisotopic (exact) mass is 280 g/mol. The molecular formula is C15H24N2O3. The molecule has 2 rings (SSSR count). The molecule has 5 heteroatoms. The van der Waals surface area contributed by atoms with E-state index in [-0.39, 0.29) is 0 Å². The average Bonchev–Trinajstić information content (AvgIpc) is 2.46. The summed E-state index contributed by atoms with van der Waals surface area (Å²) in [7, 11) is 3.62. The van der Waals surface area contributed by atoms with E-state index >= 15 is 0 Å². The summed E-state index contributed by atoms with van der Waals surface area (Å²) in [4.78, 5) is 2.05. The van der Waals surface area contributed by atoms with Crippen LogP contribution in [-0.4, -0.2) is 44.6 Å². The van der Waals surface area contributed by atoms with Crippen LogP contribution in [0.3, 0.4) is 0 Å². The Morgan fingerprint density at radius 1 is 1.40 bits per heavy atom. The Kier molecular flexibility index (Phi) is 4.86. The summed E-state index contributed by atoms with van der Waals surface area (Å²) >= 11 is 0. The predicted octanol–water partition coefficient (Wildman–Crippen LogP) is 1.13. The summed E-state index contributed by atoms with van der Waals surface area (Å²) in [6.07, 6.45) is 1.33. The number of nitrogens with zero attached hydrogens (tertiary/aromatic N) is 1. The normalized spacial score (nSPS) is 17.8. The molecule has 3 N–H and O–H groups in total. The zero-order chi connectivity index (χ0) is 14.6. The number of aliphatic hydroxyl groups is 1. The molecule has 0 bridgehead atoms. The van der Waals surface area contributed by atoms with E-state index in [1.54, 1.807) is 7.11 Å². The minimum Gasteiger partial charge on any atom is -0.497 e. The zero-order valence-corrected chi connectivity index (χ0v) is 12.3. The van der Waals surface area contributed by atoms with Crippen molar-refractivity contribution < 1.29 is 14.6 Å². The van der Waals surface area contributed by atoms with Crippen LogP contribution in [0, 0.1) is 0 Å². The predicted molar refractivity (Wildman–Crippen MR) is 79.2 cm³/mol. The van der Waals surface area contributed by atoms with Gasteiger partial charge in [-0.3, -0.25) is 0 Å². The van der Waals surface area contributed by atoms with Gasteiger partial charge in [-0.1, -0.05) is 6.07 Å². The lowest BCUT2D eigenvalue weighted by Crippen LogP contribution is -2.46. The van der Waals surface area contributed by atoms with Crippen LogP contribution >= 0.6 is 0 Å². The van der Waals surface area contributed by atoms with Crippen LogP contribution in [0.4, 0.5) is 5.69 Å². The van der Waals surface area contributed by atoms with Gasteiger partial charge in [0.05, 0.1) is 12.7 Å². The van der Waals surface area contributed by atoms with Gasteiger partial charge in [0.15, 0.2) is 0 Å². The van der Waals surface area contributed by atoms with E-state index < -0.39 is 5.60 Å². The number of rotatable bonds is 5. The van der Waals surface area contributed by atoms with Crippen molar-refractivity contribution in [1.29, 1.82) is 0 Å². The number of anilines is 1. The van der Waals surface area contributed by atoms with E-state index in [4.69, 9.17) is 15.2 Å². The number of methoxy groups -OCH3 is 1. The summed E-state index contributed by atoms with van der Waals surface area (Å²) in [5.41, 5.74) is 7.16. The Morgan fingerprint density at radius 2 is 2.10 bits per heavy atom. The molecule has 0 aromatic heterocycles. The van der Waals surface area contributed by atoms with Gasteiger partial charge >= 0.3 is 0 Å². The molecular weight excluding hydrogens is 256 g/mol. The van der Waals surface area contributed by atoms with Crippen molar-refractivity contribution in [3.8, 4) is 5.75 Å². The molecule has 1 aromatic rings. The van der Waals surface area contributed by atoms with Gasteiger partial charge in [-0.05, 0) is 11.6 Å². The Morgan fingerprint density at radius 3 is 2.70 bits per heavy atom. The number of hydrogen-bond donors (Lipinski definition) is 2. The highest BCUT2D eigenvalue weighted by atomic mass is 16.5. The minimum absolute atomic E-state index is 0.463. The maximum absolute atomic E-state index is 10.6. The molecule has 0 atom stereocenters. The van der Waals surface area contributed by atoms with Gasteiger partial charge in [0, 0.05) is 57.9 Å². The average molecular weight is 280 g/mol. The summed E-state index contributed by atoms with van der Waals surface area (Å²) in [5.74, 6) is 0.794. The highest BCUT2D eigenvalue weighted by Gasteiger charge is 2.31. The molecule has 1 heterocycles. The maximum atomic E-state index is 10.6. The molecule has 0 spiro atoms. The first-order chi connectivity index (χ1) is 9.58. The van der Waals surface area contributed by atoms with Gasteiger partial charge in [-0.25, -0.2) is 0 Å². The first kappa shape index (κ1) is 15.1. The molecule has 1 aliphatic rings. The molecule has 0 radical (unpaired) electrons. The second-order valence-electron chi connectivity index (χ2n) is 5.39. The number of ether oxygens (including phenoxy) is 2. The molecule has 20 heavy (non-hydrogen) atoms. The van der Waals surface area contributed by atoms with Crippen molar-refractivity contribution in [2.75, 3.05) is 38.8 Å². The van der Waals surface area contributed by atoms with Crippen molar-refractivity contribution in [1.82, 2.24) is 0 Å². The molecule has 5 nitrogen and oxygen atoms in total. The number of benzene rings is 1. The van der Waals surface area contributed by atoms with Crippen molar-refractivity contribution in [2.45, 2.75) is 25.0 Å². The number of likely N-dealkylation sites (N-methyl/N-ethyl adjacent to an activating group) is 1. The van der Waals surface area contributed by atoms with Crippen molar-refractivity contribution in [3.63, 3.8) is 0 Å². The van der Waals surface area contributed by atoms with Gasteiger partial charge in [-0.15, -0.1) is 0 Å². The molecule has 112 valence electrons. The Balaban J connectivity index is 2.16. The summed E-state index contributed by atoms with van der Waals surface area (Å²) < 4.78 is 10.6. The van der Waals surface area contributed by atoms with E-state index in [0.717, 1.165) is 17.0 Å². The van der Waals surface area contributed by atoms with Gasteiger partial charge in [0.1, 0.15) is 5.75 Å². The maximum Gasteiger partial charge on any atom is 0.120 e. The third kappa shape index (κ3) is 3.42. The van der Waals surface area contributed by atoms with Crippen LogP contribution in [0.15, 0.2) is 18.2 Å². The van der Waals surface area contributed by atoms with Crippen LogP contribution in [0.25, 0.3) is 0 Å². The quantitative estimate of drug-likeness (QED) is 0.846. The number of hydrogen-bond acceptors (Lipinski definition) is 5. The standard InChI is InChI=1S/C15H24N2O3/c1-17(11-15(18)5-7-20-8-6-15)14-9-13(19-2)4-3-12(14)10-16/h3-4,9,18H,5-8,10-11,16H2,1-2H3. The summed E-state index contributed by atoms with van der Waals surface area (Å²) in [6.45, 7) is 2.26. The zero-order valence-electron chi connectivity index (χ0n) is 12.3. The minimum atomic E-state index is -0.693. The topological polar surface area (TPSA) is 68.0 Å². The fourth-order valence-electron chi connectivity index (χ4n) is 2.63. The first-order valence-electron chi connectivity index (χ1n) is 6.96. The van der Waals surface area contributed by atoms with Crippen LogP contribution in [0.5, 0.6) is 5.75 Å². The summed E-state index contributed by atoms with van der Waals surface area (Å²) in [6, 6.07) is 5.84. The van der Waals surface area contributed by atoms with Crippen molar-refractivity contribution in [3.05, 3.63) is 23.8 Å². The van der Waals surface area contributed by atoms with Crippen LogP contribution in [0.2, 0.25) is 0 Å². The Hall–Kier alpha value is -1.30. The molecule has 1 fully saturated rings. The lowest BCUT2D eigenvalue weighted by molar-refractivity contribution is -0.0572. The highest BCUT2D eigenvalue weighted by molar-refractivity contribution is 5.57. The lowest BCUT2D eigenvalue weighted by Gasteiger charge is -2.36. The van der Waals surface area contributed by atoms with E-state index in [0.29, 0.717) is 39.1 Å². The fourth-order valence-corrected chi connectivity index (χ4v) is 2.63. The van der Waals surface area contributed by atoms with E-state index in [9.17, 15) is 5.11 Å². The number of nitrogens with two attached hydrogens (primary N) is 1. The van der Waals surface area contributed by atoms with Gasteiger partial charge in [-0.2, -0.15) is 0 Å². The molecule has 0 amide bonds. The van der Waals surface area contributed by atoms with Crippen molar-refractivity contribution >= 4 is 5.69 Å². The van der Waals surface area contributed by atoms with Crippen molar-refractivity contribution in [2.24, 2.45) is 5.73 Å². The smallest absolute Gasteiger partial charge is 0.120 e. The largest absolute Gasteiger partial charge is 0.497 e. The molecule has 0 unspecified atom stereocenters. The van der Waals surface area contributed by atoms with Crippen LogP contribution in [0.1, 0.15) is 18.4 Å². The molecule has 0 aliphatic carbocycles. The Bertz CT molecular complexity index is 445. The summed E-state index contributed by atoms with van der Waals surface area (Å²) in [5, 5.41) is 10.6. The molecule has 0 saturated carbocycles. The third-order valence-electron chi connectivity index (χ3n) is 3.88. The second kappa shape index (κ2) is 6.43. The van der Waals surface area contributed by atoms with Gasteiger partial charge < -0.3 is 25.2 Å².